The maximum atomic E-state index is 13.5. The first-order valence-corrected chi connectivity index (χ1v) is 8.78. The van der Waals surface area contributed by atoms with Gasteiger partial charge in [-0.2, -0.15) is 26.3 Å². The summed E-state index contributed by atoms with van der Waals surface area (Å²) in [6.07, 6.45) is -10.1. The van der Waals surface area contributed by atoms with E-state index in [1.807, 2.05) is 0 Å². The fraction of sp³-hybridized carbons (Fsp3) is 0.500. The summed E-state index contributed by atoms with van der Waals surface area (Å²) < 4.78 is 86.6. The Hall–Kier alpha value is -1.49. The minimum Gasteiger partial charge on any atom is -0.478 e. The molecule has 1 aromatic carbocycles. The Morgan fingerprint density at radius 2 is 1.67 bits per heavy atom. The average Bonchev–Trinajstić information content (AvgIpc) is 2.49. The van der Waals surface area contributed by atoms with Gasteiger partial charge in [-0.1, -0.05) is 20.8 Å². The highest BCUT2D eigenvalue weighted by Crippen LogP contribution is 2.43. The second-order valence-electron chi connectivity index (χ2n) is 6.41. The summed E-state index contributed by atoms with van der Waals surface area (Å²) in [7, 11) is 0. The van der Waals surface area contributed by atoms with Gasteiger partial charge in [0.2, 0.25) is 4.38 Å². The van der Waals surface area contributed by atoms with Crippen molar-refractivity contribution in [3.8, 4) is 0 Å². The Bertz CT molecular complexity index is 723. The monoisotopic (exact) mass is 433 g/mol. The van der Waals surface area contributed by atoms with Crippen molar-refractivity contribution in [2.75, 3.05) is 6.61 Å². The highest BCUT2D eigenvalue weighted by atomic mass is 32.2. The van der Waals surface area contributed by atoms with Crippen LogP contribution in [0.1, 0.15) is 54.7 Å². The van der Waals surface area contributed by atoms with E-state index in [2.05, 4.69) is 4.72 Å². The third-order valence-electron chi connectivity index (χ3n) is 3.25. The molecule has 0 aliphatic rings. The molecular formula is C16H17F6NO2S2. The van der Waals surface area contributed by atoms with Crippen molar-refractivity contribution in [3.63, 3.8) is 0 Å². The smallest absolute Gasteiger partial charge is 0.416 e. The van der Waals surface area contributed by atoms with Crippen LogP contribution in [0.4, 0.5) is 26.3 Å². The van der Waals surface area contributed by atoms with Crippen molar-refractivity contribution < 1.29 is 35.9 Å². The SMILES string of the molecule is CCOC(=S)SNC(=O)c1cc(C(F)(F)F)cc(C(F)(F)F)c1C(C)(C)C. The number of halogens is 6. The predicted molar refractivity (Wildman–Crippen MR) is 94.4 cm³/mol. The zero-order valence-electron chi connectivity index (χ0n) is 14.8. The highest BCUT2D eigenvalue weighted by molar-refractivity contribution is 8.21. The van der Waals surface area contributed by atoms with E-state index in [9.17, 15) is 31.1 Å². The van der Waals surface area contributed by atoms with Crippen LogP contribution in [0.15, 0.2) is 12.1 Å². The normalized spacial score (nSPS) is 12.7. The van der Waals surface area contributed by atoms with Crippen LogP contribution in [0.2, 0.25) is 0 Å². The van der Waals surface area contributed by atoms with Gasteiger partial charge in [0.25, 0.3) is 5.91 Å². The summed E-state index contributed by atoms with van der Waals surface area (Å²) in [5.74, 6) is -1.14. The Labute approximate surface area is 162 Å². The van der Waals surface area contributed by atoms with Crippen LogP contribution in [0.25, 0.3) is 0 Å². The van der Waals surface area contributed by atoms with Crippen LogP contribution in [-0.2, 0) is 22.5 Å². The van der Waals surface area contributed by atoms with E-state index in [0.29, 0.717) is 18.0 Å². The van der Waals surface area contributed by atoms with Gasteiger partial charge < -0.3 is 4.74 Å². The molecule has 0 saturated carbocycles. The maximum Gasteiger partial charge on any atom is 0.416 e. The molecule has 152 valence electrons. The number of amides is 1. The van der Waals surface area contributed by atoms with Crippen LogP contribution < -0.4 is 4.72 Å². The van der Waals surface area contributed by atoms with E-state index in [4.69, 9.17) is 17.0 Å². The van der Waals surface area contributed by atoms with Crippen molar-refractivity contribution in [2.45, 2.75) is 45.5 Å². The first-order chi connectivity index (χ1) is 12.1. The lowest BCUT2D eigenvalue weighted by Gasteiger charge is -2.28. The van der Waals surface area contributed by atoms with Gasteiger partial charge >= 0.3 is 12.4 Å². The van der Waals surface area contributed by atoms with Crippen LogP contribution in [0.3, 0.4) is 0 Å². The first kappa shape index (κ1) is 23.5. The number of carbonyl (C=O) groups excluding carboxylic acids is 1. The summed E-state index contributed by atoms with van der Waals surface area (Å²) in [5.41, 5.74) is -5.59. The summed E-state index contributed by atoms with van der Waals surface area (Å²) in [6, 6.07) is 0.435. The Morgan fingerprint density at radius 3 is 2.07 bits per heavy atom. The molecule has 0 atom stereocenters. The van der Waals surface area contributed by atoms with Crippen molar-refractivity contribution in [1.29, 1.82) is 0 Å². The molecule has 0 fully saturated rings. The molecule has 1 aromatic rings. The number of rotatable bonds is 2. The predicted octanol–water partition coefficient (Wildman–Crippen LogP) is 5.72. The molecule has 0 bridgehead atoms. The number of hydrogen-bond donors (Lipinski definition) is 1. The molecule has 1 rings (SSSR count). The molecular weight excluding hydrogens is 416 g/mol. The second kappa shape index (κ2) is 8.26. The molecule has 1 amide bonds. The Balaban J connectivity index is 3.59. The van der Waals surface area contributed by atoms with E-state index in [-0.39, 0.29) is 17.1 Å². The zero-order valence-corrected chi connectivity index (χ0v) is 16.4. The number of alkyl halides is 6. The Kier molecular flexibility index (Phi) is 7.20. The third kappa shape index (κ3) is 6.27. The summed E-state index contributed by atoms with van der Waals surface area (Å²) in [4.78, 5) is 12.4. The molecule has 0 radical (unpaired) electrons. The van der Waals surface area contributed by atoms with Gasteiger partial charge in [-0.15, -0.1) is 0 Å². The lowest BCUT2D eigenvalue weighted by atomic mass is 9.79. The third-order valence-corrected chi connectivity index (χ3v) is 4.19. The van der Waals surface area contributed by atoms with E-state index in [1.165, 1.54) is 20.8 Å². The van der Waals surface area contributed by atoms with Crippen molar-refractivity contribution >= 4 is 34.5 Å². The van der Waals surface area contributed by atoms with Gasteiger partial charge in [-0.25, -0.2) is 0 Å². The van der Waals surface area contributed by atoms with Gasteiger partial charge in [-0.05, 0) is 42.3 Å². The molecule has 0 saturated heterocycles. The fourth-order valence-corrected chi connectivity index (χ4v) is 3.01. The minimum absolute atomic E-state index is 0.0231. The number of hydrogen-bond acceptors (Lipinski definition) is 4. The zero-order chi connectivity index (χ0) is 21.2. The van der Waals surface area contributed by atoms with Gasteiger partial charge in [0.1, 0.15) is 0 Å². The number of carbonyl (C=O) groups is 1. The number of nitrogens with one attached hydrogen (secondary N) is 1. The molecule has 1 N–H and O–H groups in total. The first-order valence-electron chi connectivity index (χ1n) is 7.55. The molecule has 27 heavy (non-hydrogen) atoms. The Morgan fingerprint density at radius 1 is 1.11 bits per heavy atom. The van der Waals surface area contributed by atoms with Gasteiger partial charge in [0.15, 0.2) is 0 Å². The molecule has 3 nitrogen and oxygen atoms in total. The lowest BCUT2D eigenvalue weighted by molar-refractivity contribution is -0.143. The van der Waals surface area contributed by atoms with Crippen LogP contribution in [0, 0.1) is 0 Å². The summed E-state index contributed by atoms with van der Waals surface area (Å²) >= 11 is 5.26. The fourth-order valence-electron chi connectivity index (χ4n) is 2.31. The maximum absolute atomic E-state index is 13.5. The summed E-state index contributed by atoms with van der Waals surface area (Å²) in [5, 5.41) is 0. The number of thiocarbonyl (C=S) groups is 1. The van der Waals surface area contributed by atoms with Crippen molar-refractivity contribution in [3.05, 3.63) is 34.4 Å². The number of benzene rings is 1. The van der Waals surface area contributed by atoms with E-state index in [1.54, 1.807) is 6.92 Å². The molecule has 11 heteroatoms. The van der Waals surface area contributed by atoms with Gasteiger partial charge in [-0.3, -0.25) is 9.52 Å². The lowest BCUT2D eigenvalue weighted by Crippen LogP contribution is -2.29. The van der Waals surface area contributed by atoms with Crippen LogP contribution in [-0.4, -0.2) is 16.9 Å². The topological polar surface area (TPSA) is 38.3 Å². The molecule has 0 heterocycles. The highest BCUT2D eigenvalue weighted by Gasteiger charge is 2.42. The van der Waals surface area contributed by atoms with E-state index < -0.39 is 45.9 Å². The molecule has 0 unspecified atom stereocenters. The number of ether oxygens (including phenoxy) is 1. The van der Waals surface area contributed by atoms with Crippen molar-refractivity contribution in [2.24, 2.45) is 0 Å². The van der Waals surface area contributed by atoms with E-state index >= 15 is 0 Å². The van der Waals surface area contributed by atoms with Gasteiger partial charge in [0, 0.05) is 17.5 Å². The van der Waals surface area contributed by atoms with Crippen LogP contribution >= 0.6 is 24.2 Å². The molecule has 0 aromatic heterocycles. The minimum atomic E-state index is -5.08. The quantitative estimate of drug-likeness (QED) is 0.368. The molecule has 0 aliphatic carbocycles. The van der Waals surface area contributed by atoms with Crippen LogP contribution in [0.5, 0.6) is 0 Å². The molecule has 0 aliphatic heterocycles. The molecule has 0 spiro atoms. The second-order valence-corrected chi connectivity index (χ2v) is 7.82. The summed E-state index contributed by atoms with van der Waals surface area (Å²) in [6.45, 7) is 5.93. The van der Waals surface area contributed by atoms with Gasteiger partial charge in [0.05, 0.1) is 17.7 Å². The van der Waals surface area contributed by atoms with E-state index in [0.717, 1.165) is 0 Å². The van der Waals surface area contributed by atoms with Crippen molar-refractivity contribution in [1.82, 2.24) is 4.72 Å². The largest absolute Gasteiger partial charge is 0.478 e. The average molecular weight is 433 g/mol. The standard InChI is InChI=1S/C16H17F6NO2S2/c1-5-25-13(26)27-23-12(24)9-6-8(15(17,18)19)7-10(16(20,21)22)11(9)14(2,3)4/h6-7H,5H2,1-4H3,(H,23,24).